The number of fused-ring (bicyclic) bond motifs is 1. The van der Waals surface area contributed by atoms with E-state index < -0.39 is 29.3 Å². The van der Waals surface area contributed by atoms with Gasteiger partial charge in [0.05, 0.1) is 0 Å². The summed E-state index contributed by atoms with van der Waals surface area (Å²) in [5.74, 6) is 0.275. The van der Waals surface area contributed by atoms with Crippen LogP contribution in [0.1, 0.15) is 32.8 Å². The zero-order chi connectivity index (χ0) is 24.9. The number of ether oxygens (including phenoxy) is 2. The maximum atomic E-state index is 13.0. The van der Waals surface area contributed by atoms with Gasteiger partial charge < -0.3 is 19.2 Å². The van der Waals surface area contributed by atoms with E-state index in [9.17, 15) is 14.4 Å². The average Bonchev–Trinajstić information content (AvgIpc) is 2.77. The Labute approximate surface area is 202 Å². The van der Waals surface area contributed by atoms with Crippen molar-refractivity contribution < 1.29 is 23.5 Å². The van der Waals surface area contributed by atoms with Gasteiger partial charge in [-0.3, -0.25) is 0 Å². The molecule has 0 spiro atoms. The molecule has 34 heavy (non-hydrogen) atoms. The van der Waals surface area contributed by atoms with E-state index >= 15 is 0 Å². The molecule has 1 N–H and O–H groups in total. The van der Waals surface area contributed by atoms with Gasteiger partial charge in [-0.15, -0.1) is 0 Å². The number of alkyl carbamates (subject to hydrolysis) is 1. The number of carbonyl (C=O) groups excluding carboxylic acids is 2. The summed E-state index contributed by atoms with van der Waals surface area (Å²) in [7, 11) is 0. The predicted octanol–water partition coefficient (Wildman–Crippen LogP) is 5.32. The summed E-state index contributed by atoms with van der Waals surface area (Å²) in [4.78, 5) is 37.5. The molecule has 3 aromatic rings. The monoisotopic (exact) mass is 483 g/mol. The first kappa shape index (κ1) is 25.4. The summed E-state index contributed by atoms with van der Waals surface area (Å²) in [5, 5.41) is 3.33. The minimum Gasteiger partial charge on any atom is -0.444 e. The van der Waals surface area contributed by atoms with Gasteiger partial charge in [0.25, 0.3) is 0 Å². The average molecular weight is 484 g/mol. The molecule has 0 fully saturated rings. The van der Waals surface area contributed by atoms with Gasteiger partial charge in [0, 0.05) is 17.0 Å². The molecule has 3 rings (SSSR count). The lowest BCUT2D eigenvalue weighted by molar-refractivity contribution is -0.136. The molecule has 180 valence electrons. The standard InChI is InChI=1S/C26H29NO6S/c1-16-21(31-24(29)20(13-14-34-5)27-25(30)33-26(2,3)4)12-11-18-19(15-22(28)32-23(16)18)17-9-7-6-8-10-17/h6-12,15,20H,13-14H2,1-5H3,(H,27,30)/t20-/m1/s1. The smallest absolute Gasteiger partial charge is 0.408 e. The van der Waals surface area contributed by atoms with Crippen LogP contribution in [0.3, 0.4) is 0 Å². The van der Waals surface area contributed by atoms with E-state index in [0.29, 0.717) is 23.3 Å². The van der Waals surface area contributed by atoms with Gasteiger partial charge in [-0.05, 0) is 69.4 Å². The van der Waals surface area contributed by atoms with Gasteiger partial charge in [-0.2, -0.15) is 11.8 Å². The van der Waals surface area contributed by atoms with Crippen LogP contribution in [0.5, 0.6) is 5.75 Å². The molecule has 1 heterocycles. The molecule has 0 bridgehead atoms. The quantitative estimate of drug-likeness (QED) is 0.276. The third-order valence-corrected chi connectivity index (χ3v) is 5.64. The van der Waals surface area contributed by atoms with Crippen molar-refractivity contribution in [2.75, 3.05) is 12.0 Å². The Morgan fingerprint density at radius 2 is 1.82 bits per heavy atom. The molecule has 1 amide bonds. The lowest BCUT2D eigenvalue weighted by atomic mass is 10.0. The van der Waals surface area contributed by atoms with Crippen LogP contribution < -0.4 is 15.7 Å². The highest BCUT2D eigenvalue weighted by atomic mass is 32.2. The third-order valence-electron chi connectivity index (χ3n) is 4.99. The van der Waals surface area contributed by atoms with E-state index in [0.717, 1.165) is 16.5 Å². The number of hydrogen-bond donors (Lipinski definition) is 1. The number of hydrogen-bond acceptors (Lipinski definition) is 7. The Balaban J connectivity index is 1.90. The molecule has 0 unspecified atom stereocenters. The number of aryl methyl sites for hydroxylation is 1. The van der Waals surface area contributed by atoms with Crippen molar-refractivity contribution in [3.8, 4) is 16.9 Å². The van der Waals surface area contributed by atoms with E-state index in [1.54, 1.807) is 51.6 Å². The lowest BCUT2D eigenvalue weighted by Crippen LogP contribution is -2.45. The zero-order valence-electron chi connectivity index (χ0n) is 20.0. The van der Waals surface area contributed by atoms with Gasteiger partial charge in [0.2, 0.25) is 0 Å². The van der Waals surface area contributed by atoms with Crippen LogP contribution in [0.25, 0.3) is 22.1 Å². The lowest BCUT2D eigenvalue weighted by Gasteiger charge is -2.23. The van der Waals surface area contributed by atoms with Crippen LogP contribution in [-0.4, -0.2) is 35.7 Å². The highest BCUT2D eigenvalue weighted by Gasteiger charge is 2.26. The van der Waals surface area contributed by atoms with Crippen LogP contribution in [-0.2, 0) is 9.53 Å². The van der Waals surface area contributed by atoms with E-state index in [4.69, 9.17) is 13.9 Å². The van der Waals surface area contributed by atoms with Crippen LogP contribution >= 0.6 is 11.8 Å². The highest BCUT2D eigenvalue weighted by Crippen LogP contribution is 2.33. The fourth-order valence-electron chi connectivity index (χ4n) is 3.42. The number of thioether (sulfide) groups is 1. The van der Waals surface area contributed by atoms with Crippen molar-refractivity contribution in [3.05, 3.63) is 64.5 Å². The minimum absolute atomic E-state index is 0.256. The van der Waals surface area contributed by atoms with Crippen molar-refractivity contribution in [2.45, 2.75) is 45.8 Å². The van der Waals surface area contributed by atoms with Crippen molar-refractivity contribution in [3.63, 3.8) is 0 Å². The first-order valence-corrected chi connectivity index (χ1v) is 12.3. The van der Waals surface area contributed by atoms with Crippen molar-refractivity contribution in [2.24, 2.45) is 0 Å². The molecule has 0 saturated carbocycles. The van der Waals surface area contributed by atoms with Gasteiger partial charge in [0.1, 0.15) is 23.0 Å². The molecular weight excluding hydrogens is 454 g/mol. The molecule has 0 aliphatic carbocycles. The Bertz CT molecular complexity index is 1230. The second-order valence-corrected chi connectivity index (χ2v) is 9.80. The molecular formula is C26H29NO6S. The number of esters is 1. The number of benzene rings is 2. The molecule has 2 aromatic carbocycles. The molecule has 0 radical (unpaired) electrons. The summed E-state index contributed by atoms with van der Waals surface area (Å²) in [5.41, 5.74) is 1.28. The summed E-state index contributed by atoms with van der Waals surface area (Å²) in [6.45, 7) is 6.97. The SMILES string of the molecule is CSCC[C@@H](NC(=O)OC(C)(C)C)C(=O)Oc1ccc2c(-c3ccccc3)cc(=O)oc2c1C. The molecule has 8 heteroatoms. The van der Waals surface area contributed by atoms with Crippen molar-refractivity contribution >= 4 is 34.8 Å². The fraction of sp³-hybridized carbons (Fsp3) is 0.346. The van der Waals surface area contributed by atoms with Crippen LogP contribution in [0.15, 0.2) is 57.7 Å². The second kappa shape index (κ2) is 10.8. The highest BCUT2D eigenvalue weighted by molar-refractivity contribution is 7.98. The van der Waals surface area contributed by atoms with E-state index in [1.807, 2.05) is 36.6 Å². The summed E-state index contributed by atoms with van der Waals surface area (Å²) in [6, 6.07) is 13.5. The Morgan fingerprint density at radius 1 is 1.12 bits per heavy atom. The van der Waals surface area contributed by atoms with Crippen LogP contribution in [0.4, 0.5) is 4.79 Å². The number of rotatable bonds is 7. The summed E-state index contributed by atoms with van der Waals surface area (Å²) in [6.07, 6.45) is 1.60. The Morgan fingerprint density at radius 3 is 2.47 bits per heavy atom. The first-order chi connectivity index (χ1) is 16.1. The molecule has 1 aromatic heterocycles. The van der Waals surface area contributed by atoms with E-state index in [2.05, 4.69) is 5.32 Å². The molecule has 7 nitrogen and oxygen atoms in total. The molecule has 0 aliphatic rings. The minimum atomic E-state index is -0.889. The van der Waals surface area contributed by atoms with Crippen LogP contribution in [0.2, 0.25) is 0 Å². The third kappa shape index (κ3) is 6.41. The summed E-state index contributed by atoms with van der Waals surface area (Å²) >= 11 is 1.55. The fourth-order valence-corrected chi connectivity index (χ4v) is 3.90. The molecule has 0 aliphatic heterocycles. The van der Waals surface area contributed by atoms with Gasteiger partial charge in [-0.25, -0.2) is 14.4 Å². The van der Waals surface area contributed by atoms with E-state index in [1.165, 1.54) is 6.07 Å². The first-order valence-electron chi connectivity index (χ1n) is 10.9. The van der Waals surface area contributed by atoms with Gasteiger partial charge >= 0.3 is 17.7 Å². The second-order valence-electron chi connectivity index (χ2n) is 8.81. The van der Waals surface area contributed by atoms with Crippen molar-refractivity contribution in [1.29, 1.82) is 0 Å². The Hall–Kier alpha value is -3.26. The van der Waals surface area contributed by atoms with E-state index in [-0.39, 0.29) is 5.75 Å². The predicted molar refractivity (Wildman–Crippen MR) is 134 cm³/mol. The van der Waals surface area contributed by atoms with Crippen LogP contribution in [0, 0.1) is 6.92 Å². The largest absolute Gasteiger partial charge is 0.444 e. The zero-order valence-corrected chi connectivity index (χ0v) is 20.8. The molecule has 1 atom stereocenters. The number of nitrogens with one attached hydrogen (secondary N) is 1. The normalized spacial score (nSPS) is 12.3. The summed E-state index contributed by atoms with van der Waals surface area (Å²) < 4.78 is 16.4. The van der Waals surface area contributed by atoms with Crippen molar-refractivity contribution in [1.82, 2.24) is 5.32 Å². The maximum absolute atomic E-state index is 13.0. The molecule has 0 saturated heterocycles. The number of amides is 1. The van der Waals surface area contributed by atoms with Gasteiger partial charge in [-0.1, -0.05) is 30.3 Å². The maximum Gasteiger partial charge on any atom is 0.408 e. The number of carbonyl (C=O) groups is 2. The Kier molecular flexibility index (Phi) is 8.04. The topological polar surface area (TPSA) is 94.8 Å². The van der Waals surface area contributed by atoms with Gasteiger partial charge in [0.15, 0.2) is 0 Å².